The Morgan fingerprint density at radius 3 is 2.48 bits per heavy atom. The minimum absolute atomic E-state index is 0.218. The Kier molecular flexibility index (Phi) is 5.32. The van der Waals surface area contributed by atoms with Gasteiger partial charge in [-0.25, -0.2) is 8.78 Å². The Hall–Kier alpha value is -1.45. The van der Waals surface area contributed by atoms with Crippen molar-refractivity contribution in [3.8, 4) is 11.1 Å². The first kappa shape index (κ1) is 15.9. The topological polar surface area (TPSA) is 12.0 Å². The summed E-state index contributed by atoms with van der Waals surface area (Å²) in [7, 11) is 0. The van der Waals surface area contributed by atoms with Crippen LogP contribution in [-0.2, 0) is 6.54 Å². The first-order chi connectivity index (χ1) is 10.0. The van der Waals surface area contributed by atoms with Crippen LogP contribution in [0.2, 0.25) is 5.02 Å². The summed E-state index contributed by atoms with van der Waals surface area (Å²) in [5.41, 5.74) is 3.41. The molecule has 0 saturated carbocycles. The lowest BCUT2D eigenvalue weighted by atomic mass is 9.97. The van der Waals surface area contributed by atoms with E-state index < -0.39 is 11.6 Å². The molecule has 0 saturated heterocycles. The number of hydrogen-bond acceptors (Lipinski definition) is 1. The van der Waals surface area contributed by atoms with Gasteiger partial charge in [-0.2, -0.15) is 0 Å². The van der Waals surface area contributed by atoms with Crippen molar-refractivity contribution in [2.24, 2.45) is 0 Å². The lowest BCUT2D eigenvalue weighted by Gasteiger charge is -2.12. The average molecular weight is 310 g/mol. The molecule has 4 heteroatoms. The molecule has 2 rings (SSSR count). The first-order valence-corrected chi connectivity index (χ1v) is 7.36. The van der Waals surface area contributed by atoms with Gasteiger partial charge in [-0.3, -0.25) is 0 Å². The van der Waals surface area contributed by atoms with E-state index >= 15 is 0 Å². The van der Waals surface area contributed by atoms with E-state index in [9.17, 15) is 8.78 Å². The Morgan fingerprint density at radius 1 is 1.05 bits per heavy atom. The number of rotatable bonds is 5. The van der Waals surface area contributed by atoms with Gasteiger partial charge in [0, 0.05) is 12.1 Å². The Balaban J connectivity index is 2.39. The van der Waals surface area contributed by atoms with Crippen LogP contribution in [0, 0.1) is 18.6 Å². The monoisotopic (exact) mass is 309 g/mol. The fourth-order valence-electron chi connectivity index (χ4n) is 2.21. The second-order valence-corrected chi connectivity index (χ2v) is 5.48. The third-order valence-electron chi connectivity index (χ3n) is 3.36. The van der Waals surface area contributed by atoms with E-state index in [0.29, 0.717) is 5.56 Å². The van der Waals surface area contributed by atoms with Gasteiger partial charge >= 0.3 is 0 Å². The molecule has 0 heterocycles. The highest BCUT2D eigenvalue weighted by Gasteiger charge is 2.12. The second kappa shape index (κ2) is 7.01. The number of benzene rings is 2. The minimum atomic E-state index is -0.929. The summed E-state index contributed by atoms with van der Waals surface area (Å²) in [5.74, 6) is -1.81. The van der Waals surface area contributed by atoms with Crippen LogP contribution in [0.1, 0.15) is 24.5 Å². The third kappa shape index (κ3) is 3.80. The van der Waals surface area contributed by atoms with Crippen molar-refractivity contribution >= 4 is 11.6 Å². The maximum absolute atomic E-state index is 13.5. The van der Waals surface area contributed by atoms with Gasteiger partial charge in [-0.05, 0) is 54.8 Å². The molecule has 0 bridgehead atoms. The van der Waals surface area contributed by atoms with Gasteiger partial charge in [0.25, 0.3) is 0 Å². The highest BCUT2D eigenvalue weighted by atomic mass is 35.5. The summed E-state index contributed by atoms with van der Waals surface area (Å²) in [6.07, 6.45) is 1.06. The van der Waals surface area contributed by atoms with Crippen molar-refractivity contribution in [1.82, 2.24) is 5.32 Å². The molecule has 0 unspecified atom stereocenters. The van der Waals surface area contributed by atoms with Gasteiger partial charge in [0.05, 0.1) is 5.02 Å². The van der Waals surface area contributed by atoms with Gasteiger partial charge in [-0.15, -0.1) is 0 Å². The Labute approximate surface area is 128 Å². The fourth-order valence-corrected chi connectivity index (χ4v) is 2.46. The van der Waals surface area contributed by atoms with E-state index in [0.717, 1.165) is 48.3 Å². The molecule has 1 nitrogen and oxygen atoms in total. The Bertz CT molecular complexity index is 641. The summed E-state index contributed by atoms with van der Waals surface area (Å²) >= 11 is 6.06. The summed E-state index contributed by atoms with van der Waals surface area (Å²) in [6, 6.07) is 8.14. The second-order valence-electron chi connectivity index (χ2n) is 5.07. The standard InChI is InChI=1S/C17H18ClF2N/c1-3-6-21-10-12-5-4-11(2)13(7-12)14-8-16(19)17(20)9-15(14)18/h4-5,7-9,21H,3,6,10H2,1-2H3. The van der Waals surface area contributed by atoms with E-state index in [1.54, 1.807) is 0 Å². The van der Waals surface area contributed by atoms with E-state index in [1.165, 1.54) is 0 Å². The molecule has 1 N–H and O–H groups in total. The highest BCUT2D eigenvalue weighted by molar-refractivity contribution is 6.33. The zero-order valence-electron chi connectivity index (χ0n) is 12.1. The molecule has 112 valence electrons. The van der Waals surface area contributed by atoms with Gasteiger partial charge in [0.15, 0.2) is 11.6 Å². The highest BCUT2D eigenvalue weighted by Crippen LogP contribution is 2.32. The summed E-state index contributed by atoms with van der Waals surface area (Å²) < 4.78 is 26.7. The molecule has 0 aliphatic carbocycles. The molecule has 2 aromatic carbocycles. The fraction of sp³-hybridized carbons (Fsp3) is 0.294. The lowest BCUT2D eigenvalue weighted by molar-refractivity contribution is 0.509. The zero-order valence-corrected chi connectivity index (χ0v) is 12.9. The molecule has 0 radical (unpaired) electrons. The smallest absolute Gasteiger partial charge is 0.160 e. The quantitative estimate of drug-likeness (QED) is 0.599. The summed E-state index contributed by atoms with van der Waals surface area (Å²) in [5, 5.41) is 3.54. The SMILES string of the molecule is CCCNCc1ccc(C)c(-c2cc(F)c(F)cc2Cl)c1. The van der Waals surface area contributed by atoms with Gasteiger partial charge in [-0.1, -0.05) is 30.7 Å². The maximum atomic E-state index is 13.5. The number of nitrogens with one attached hydrogen (secondary N) is 1. The van der Waals surface area contributed by atoms with Gasteiger partial charge in [0.1, 0.15) is 0 Å². The van der Waals surface area contributed by atoms with Crippen molar-refractivity contribution in [2.75, 3.05) is 6.54 Å². The molecular formula is C17H18ClF2N. The van der Waals surface area contributed by atoms with Crippen LogP contribution < -0.4 is 5.32 Å². The van der Waals surface area contributed by atoms with E-state index in [-0.39, 0.29) is 5.02 Å². The maximum Gasteiger partial charge on any atom is 0.160 e. The molecule has 0 aliphatic rings. The molecule has 2 aromatic rings. The van der Waals surface area contributed by atoms with Crippen LogP contribution in [0.15, 0.2) is 30.3 Å². The third-order valence-corrected chi connectivity index (χ3v) is 3.67. The van der Waals surface area contributed by atoms with Crippen LogP contribution in [0.4, 0.5) is 8.78 Å². The molecule has 0 amide bonds. The average Bonchev–Trinajstić information content (AvgIpc) is 2.45. The zero-order chi connectivity index (χ0) is 15.4. The molecule has 21 heavy (non-hydrogen) atoms. The van der Waals surface area contributed by atoms with Crippen molar-refractivity contribution < 1.29 is 8.78 Å². The van der Waals surface area contributed by atoms with Crippen molar-refractivity contribution in [3.05, 3.63) is 58.1 Å². The summed E-state index contributed by atoms with van der Waals surface area (Å²) in [4.78, 5) is 0. The predicted molar refractivity (Wildman–Crippen MR) is 83.5 cm³/mol. The van der Waals surface area contributed by atoms with E-state index in [1.807, 2.05) is 25.1 Å². The van der Waals surface area contributed by atoms with Gasteiger partial charge < -0.3 is 5.32 Å². The van der Waals surface area contributed by atoms with E-state index in [2.05, 4.69) is 12.2 Å². The molecule has 0 spiro atoms. The Morgan fingerprint density at radius 2 is 1.76 bits per heavy atom. The minimum Gasteiger partial charge on any atom is -0.313 e. The van der Waals surface area contributed by atoms with Crippen LogP contribution in [0.5, 0.6) is 0 Å². The van der Waals surface area contributed by atoms with E-state index in [4.69, 9.17) is 11.6 Å². The normalized spacial score (nSPS) is 10.9. The molecule has 0 aliphatic heterocycles. The predicted octanol–water partition coefficient (Wildman–Crippen LogP) is 5.09. The van der Waals surface area contributed by atoms with Crippen molar-refractivity contribution in [1.29, 1.82) is 0 Å². The number of aryl methyl sites for hydroxylation is 1. The van der Waals surface area contributed by atoms with Crippen LogP contribution >= 0.6 is 11.6 Å². The van der Waals surface area contributed by atoms with Crippen LogP contribution in [-0.4, -0.2) is 6.54 Å². The molecule has 0 aromatic heterocycles. The van der Waals surface area contributed by atoms with Crippen molar-refractivity contribution in [3.63, 3.8) is 0 Å². The van der Waals surface area contributed by atoms with Crippen molar-refractivity contribution in [2.45, 2.75) is 26.8 Å². The first-order valence-electron chi connectivity index (χ1n) is 6.98. The largest absolute Gasteiger partial charge is 0.313 e. The number of halogens is 3. The molecule has 0 atom stereocenters. The lowest BCUT2D eigenvalue weighted by Crippen LogP contribution is -2.13. The summed E-state index contributed by atoms with van der Waals surface area (Å²) in [6.45, 7) is 5.71. The van der Waals surface area contributed by atoms with Crippen LogP contribution in [0.25, 0.3) is 11.1 Å². The molecule has 0 fully saturated rings. The number of hydrogen-bond donors (Lipinski definition) is 1. The van der Waals surface area contributed by atoms with Crippen LogP contribution in [0.3, 0.4) is 0 Å². The van der Waals surface area contributed by atoms with Gasteiger partial charge in [0.2, 0.25) is 0 Å². The molecular weight excluding hydrogens is 292 g/mol.